The molecule has 1 fully saturated rings. The molecule has 1 heterocycles. The molecule has 3 rings (SSSR count). The van der Waals surface area contributed by atoms with E-state index in [0.717, 1.165) is 22.5 Å². The van der Waals surface area contributed by atoms with E-state index in [1.165, 1.54) is 23.1 Å². The number of halogens is 3. The van der Waals surface area contributed by atoms with Crippen LogP contribution in [-0.2, 0) is 14.8 Å². The van der Waals surface area contributed by atoms with Crippen molar-refractivity contribution in [3.63, 3.8) is 0 Å². The molecule has 2 aromatic carbocycles. The molecule has 0 saturated carbocycles. The average molecular weight is 428 g/mol. The van der Waals surface area contributed by atoms with Crippen LogP contribution in [0.1, 0.15) is 6.42 Å². The summed E-state index contributed by atoms with van der Waals surface area (Å²) in [5.74, 6) is -2.70. The molecule has 29 heavy (non-hydrogen) atoms. The van der Waals surface area contributed by atoms with E-state index in [1.54, 1.807) is 6.07 Å². The zero-order valence-electron chi connectivity index (χ0n) is 15.4. The van der Waals surface area contributed by atoms with Crippen molar-refractivity contribution in [1.82, 2.24) is 9.21 Å². The molecule has 0 radical (unpaired) electrons. The van der Waals surface area contributed by atoms with Gasteiger partial charge in [0.15, 0.2) is 4.90 Å². The Morgan fingerprint density at radius 3 is 2.21 bits per heavy atom. The molecule has 10 heteroatoms. The van der Waals surface area contributed by atoms with E-state index in [9.17, 15) is 26.4 Å². The number of benzene rings is 2. The molecule has 156 valence electrons. The molecular weight excluding hydrogens is 409 g/mol. The highest BCUT2D eigenvalue weighted by molar-refractivity contribution is 7.89. The Labute approximate surface area is 166 Å². The first-order chi connectivity index (χ1) is 13.8. The van der Waals surface area contributed by atoms with Crippen LogP contribution in [-0.4, -0.2) is 56.3 Å². The maximum absolute atomic E-state index is 13.9. The van der Waals surface area contributed by atoms with Crippen molar-refractivity contribution < 1.29 is 31.1 Å². The number of rotatable bonds is 6. The predicted octanol–water partition coefficient (Wildman–Crippen LogP) is 2.41. The van der Waals surface area contributed by atoms with Crippen molar-refractivity contribution in [2.75, 3.05) is 32.8 Å². The molecule has 0 unspecified atom stereocenters. The number of ether oxygens (including phenoxy) is 1. The third-order valence-corrected chi connectivity index (χ3v) is 6.44. The van der Waals surface area contributed by atoms with Gasteiger partial charge in [0.05, 0.1) is 13.0 Å². The van der Waals surface area contributed by atoms with E-state index in [0.29, 0.717) is 5.75 Å². The molecule has 0 spiro atoms. The summed E-state index contributed by atoms with van der Waals surface area (Å²) in [4.78, 5) is 12.7. The fourth-order valence-corrected chi connectivity index (χ4v) is 4.54. The highest BCUT2D eigenvalue weighted by Crippen LogP contribution is 2.23. The van der Waals surface area contributed by atoms with Gasteiger partial charge in [-0.15, -0.1) is 0 Å². The Morgan fingerprint density at radius 1 is 0.966 bits per heavy atom. The Kier molecular flexibility index (Phi) is 6.43. The molecule has 1 saturated heterocycles. The van der Waals surface area contributed by atoms with Gasteiger partial charge in [0.2, 0.25) is 15.9 Å². The number of sulfonamides is 1. The lowest BCUT2D eigenvalue weighted by atomic mass is 10.3. The van der Waals surface area contributed by atoms with Crippen LogP contribution in [0.5, 0.6) is 5.75 Å². The molecule has 0 atom stereocenters. The van der Waals surface area contributed by atoms with E-state index in [2.05, 4.69) is 0 Å². The summed E-state index contributed by atoms with van der Waals surface area (Å²) in [7, 11) is -4.34. The molecule has 1 aliphatic heterocycles. The second-order valence-electron chi connectivity index (χ2n) is 6.39. The van der Waals surface area contributed by atoms with Gasteiger partial charge in [-0.05, 0) is 24.3 Å². The Bertz CT molecular complexity index is 972. The van der Waals surface area contributed by atoms with Crippen molar-refractivity contribution >= 4 is 15.9 Å². The maximum Gasteiger partial charge on any atom is 0.249 e. The zero-order chi connectivity index (χ0) is 21.0. The second kappa shape index (κ2) is 8.83. The number of carbonyl (C=O) groups excluding carboxylic acids is 1. The van der Waals surface area contributed by atoms with E-state index < -0.39 is 32.4 Å². The Morgan fingerprint density at radius 2 is 1.59 bits per heavy atom. The number of piperazine rings is 1. The molecule has 0 aliphatic carbocycles. The summed E-state index contributed by atoms with van der Waals surface area (Å²) in [6, 6.07) is 8.40. The van der Waals surface area contributed by atoms with Crippen LogP contribution >= 0.6 is 0 Å². The largest absolute Gasteiger partial charge is 0.493 e. The van der Waals surface area contributed by atoms with E-state index in [1.807, 2.05) is 0 Å². The maximum atomic E-state index is 13.9. The number of hydrogen-bond donors (Lipinski definition) is 0. The topological polar surface area (TPSA) is 66.9 Å². The number of nitrogens with zero attached hydrogens (tertiary/aromatic N) is 2. The van der Waals surface area contributed by atoms with Gasteiger partial charge >= 0.3 is 0 Å². The van der Waals surface area contributed by atoms with Crippen molar-refractivity contribution in [3.05, 3.63) is 59.9 Å². The molecule has 1 aliphatic rings. The lowest BCUT2D eigenvalue weighted by Gasteiger charge is -2.34. The van der Waals surface area contributed by atoms with Crippen LogP contribution in [0.3, 0.4) is 0 Å². The summed E-state index contributed by atoms with van der Waals surface area (Å²) in [6.07, 6.45) is 0.0329. The third-order valence-electron chi connectivity index (χ3n) is 4.49. The van der Waals surface area contributed by atoms with E-state index in [4.69, 9.17) is 4.74 Å². The molecule has 0 aromatic heterocycles. The van der Waals surface area contributed by atoms with Gasteiger partial charge in [0.1, 0.15) is 23.2 Å². The van der Waals surface area contributed by atoms with Gasteiger partial charge in [0, 0.05) is 32.2 Å². The van der Waals surface area contributed by atoms with Crippen LogP contribution in [0.25, 0.3) is 0 Å². The molecule has 2 aromatic rings. The Balaban J connectivity index is 1.54. The lowest BCUT2D eigenvalue weighted by Crippen LogP contribution is -2.50. The van der Waals surface area contributed by atoms with Crippen molar-refractivity contribution in [2.24, 2.45) is 0 Å². The molecule has 0 bridgehead atoms. The minimum atomic E-state index is -4.34. The smallest absolute Gasteiger partial charge is 0.249 e. The molecule has 1 amide bonds. The summed E-state index contributed by atoms with van der Waals surface area (Å²) >= 11 is 0. The first-order valence-electron chi connectivity index (χ1n) is 8.89. The molecule has 0 N–H and O–H groups in total. The molecule has 6 nitrogen and oxygen atoms in total. The quantitative estimate of drug-likeness (QED) is 0.709. The van der Waals surface area contributed by atoms with Gasteiger partial charge in [-0.25, -0.2) is 21.6 Å². The molecular formula is C19H19F3N2O4S. The summed E-state index contributed by atoms with van der Waals surface area (Å²) in [5.41, 5.74) is 0. The van der Waals surface area contributed by atoms with Crippen LogP contribution in [0.15, 0.2) is 47.4 Å². The highest BCUT2D eigenvalue weighted by Gasteiger charge is 2.33. The summed E-state index contributed by atoms with van der Waals surface area (Å²) in [5, 5.41) is 0. The van der Waals surface area contributed by atoms with Gasteiger partial charge in [-0.1, -0.05) is 12.1 Å². The first kappa shape index (κ1) is 21.1. The monoisotopic (exact) mass is 428 g/mol. The normalized spacial score (nSPS) is 15.3. The lowest BCUT2D eigenvalue weighted by molar-refractivity contribution is -0.132. The van der Waals surface area contributed by atoms with Crippen LogP contribution in [0.2, 0.25) is 0 Å². The van der Waals surface area contributed by atoms with Gasteiger partial charge in [-0.3, -0.25) is 4.79 Å². The van der Waals surface area contributed by atoms with Gasteiger partial charge < -0.3 is 9.64 Å². The number of carbonyl (C=O) groups is 1. The second-order valence-corrected chi connectivity index (χ2v) is 8.27. The van der Waals surface area contributed by atoms with Crippen LogP contribution < -0.4 is 4.74 Å². The standard InChI is InChI=1S/C19H19F3N2O4S/c20-14-3-1-4-15(13-14)28-12-7-18(25)23-8-10-24(11-9-23)29(26,27)19-16(21)5-2-6-17(19)22/h1-6,13H,7-12H2. The van der Waals surface area contributed by atoms with Gasteiger partial charge in [0.25, 0.3) is 0 Å². The van der Waals surface area contributed by atoms with Crippen molar-refractivity contribution in [1.29, 1.82) is 0 Å². The average Bonchev–Trinajstić information content (AvgIpc) is 2.68. The highest BCUT2D eigenvalue weighted by atomic mass is 32.2. The summed E-state index contributed by atoms with van der Waals surface area (Å²) in [6.45, 7) is 0.0721. The minimum Gasteiger partial charge on any atom is -0.493 e. The SMILES string of the molecule is O=C(CCOc1cccc(F)c1)N1CCN(S(=O)(=O)c2c(F)cccc2F)CC1. The first-order valence-corrected chi connectivity index (χ1v) is 10.3. The van der Waals surface area contributed by atoms with Crippen molar-refractivity contribution in [2.45, 2.75) is 11.3 Å². The third kappa shape index (κ3) is 4.88. The Hall–Kier alpha value is -2.59. The zero-order valence-corrected chi connectivity index (χ0v) is 16.2. The van der Waals surface area contributed by atoms with E-state index >= 15 is 0 Å². The number of hydrogen-bond acceptors (Lipinski definition) is 4. The van der Waals surface area contributed by atoms with Gasteiger partial charge in [-0.2, -0.15) is 4.31 Å². The predicted molar refractivity (Wildman–Crippen MR) is 98.2 cm³/mol. The fraction of sp³-hybridized carbons (Fsp3) is 0.316. The van der Waals surface area contributed by atoms with Crippen molar-refractivity contribution in [3.8, 4) is 5.75 Å². The minimum absolute atomic E-state index is 0.0329. The van der Waals surface area contributed by atoms with Crippen LogP contribution in [0.4, 0.5) is 13.2 Å². The number of amides is 1. The summed E-state index contributed by atoms with van der Waals surface area (Å²) < 4.78 is 72.2. The van der Waals surface area contributed by atoms with E-state index in [-0.39, 0.29) is 45.1 Å². The fourth-order valence-electron chi connectivity index (χ4n) is 3.01. The van der Waals surface area contributed by atoms with Crippen LogP contribution in [0, 0.1) is 17.5 Å².